The van der Waals surface area contributed by atoms with Gasteiger partial charge in [0.2, 0.25) is 0 Å². The van der Waals surface area contributed by atoms with Gasteiger partial charge in [-0.05, 0) is 48.4 Å². The maximum Gasteiger partial charge on any atom is 0.161 e. The first kappa shape index (κ1) is 17.4. The van der Waals surface area contributed by atoms with Crippen molar-refractivity contribution in [2.45, 2.75) is 19.5 Å². The van der Waals surface area contributed by atoms with Crippen LogP contribution < -0.4 is 22.5 Å². The summed E-state index contributed by atoms with van der Waals surface area (Å²) in [6.07, 6.45) is 2.10. The highest BCUT2D eigenvalue weighted by Crippen LogP contribution is 2.34. The summed E-state index contributed by atoms with van der Waals surface area (Å²) >= 11 is 0. The van der Waals surface area contributed by atoms with Crippen LogP contribution in [0.25, 0.3) is 5.69 Å². The van der Waals surface area contributed by atoms with Gasteiger partial charge in [0.1, 0.15) is 0 Å². The van der Waals surface area contributed by atoms with Gasteiger partial charge in [0.05, 0.1) is 12.6 Å². The maximum absolute atomic E-state index is 9.97. The number of hydrogen-bond donors (Lipinski definition) is 2. The van der Waals surface area contributed by atoms with Crippen LogP contribution >= 0.6 is 0 Å². The third-order valence-corrected chi connectivity index (χ3v) is 4.44. The van der Waals surface area contributed by atoms with Crippen LogP contribution in [0.2, 0.25) is 0 Å². The zero-order valence-corrected chi connectivity index (χ0v) is 14.7. The fourth-order valence-electron chi connectivity index (χ4n) is 3.33. The van der Waals surface area contributed by atoms with Crippen molar-refractivity contribution < 1.29 is 22.3 Å². The number of fused-ring (bicyclic) bond motifs is 3. The van der Waals surface area contributed by atoms with E-state index in [9.17, 15) is 5.11 Å². The van der Waals surface area contributed by atoms with Crippen LogP contribution in [0.1, 0.15) is 29.8 Å². The molecule has 5 heteroatoms. The molecule has 0 bridgehead atoms. The number of benzene rings is 2. The molecule has 0 aliphatic carbocycles. The van der Waals surface area contributed by atoms with E-state index in [0.29, 0.717) is 12.4 Å². The van der Waals surface area contributed by atoms with Crippen molar-refractivity contribution in [3.63, 3.8) is 0 Å². The number of phenols is 1. The first-order valence-corrected chi connectivity index (χ1v) is 8.22. The predicted molar refractivity (Wildman–Crippen MR) is 93.7 cm³/mol. The van der Waals surface area contributed by atoms with Gasteiger partial charge in [0.25, 0.3) is 0 Å². The van der Waals surface area contributed by atoms with Crippen LogP contribution in [0.5, 0.6) is 11.5 Å². The van der Waals surface area contributed by atoms with Crippen molar-refractivity contribution in [3.05, 3.63) is 77.6 Å². The van der Waals surface area contributed by atoms with Crippen molar-refractivity contribution in [2.24, 2.45) is 0 Å². The van der Waals surface area contributed by atoms with Gasteiger partial charge >= 0.3 is 0 Å². The van der Waals surface area contributed by atoms with Gasteiger partial charge in [0, 0.05) is 24.1 Å². The third kappa shape index (κ3) is 3.11. The third-order valence-electron chi connectivity index (χ3n) is 4.44. The molecule has 2 heterocycles. The van der Waals surface area contributed by atoms with Crippen molar-refractivity contribution >= 4 is 0 Å². The minimum Gasteiger partial charge on any atom is -1.00 e. The van der Waals surface area contributed by atoms with Gasteiger partial charge in [-0.25, -0.2) is 0 Å². The monoisotopic (exact) mass is 355 g/mol. The number of aromatic hydroxyl groups is 1. The molecule has 0 saturated carbocycles. The van der Waals surface area contributed by atoms with Crippen molar-refractivity contribution in [1.82, 2.24) is 9.88 Å². The fraction of sp³-hybridized carbons (Fsp3) is 0.200. The number of hydrogen-bond acceptors (Lipinski definition) is 3. The molecule has 0 radical (unpaired) electrons. The number of aromatic nitrogens is 1. The van der Waals surface area contributed by atoms with E-state index in [-0.39, 0.29) is 24.2 Å². The van der Waals surface area contributed by atoms with E-state index in [0.717, 1.165) is 12.1 Å². The summed E-state index contributed by atoms with van der Waals surface area (Å²) in [5, 5.41) is 13.6. The number of nitrogens with zero attached hydrogens (tertiary/aromatic N) is 1. The molecule has 1 aliphatic heterocycles. The predicted octanol–water partition coefficient (Wildman–Crippen LogP) is 0.778. The Morgan fingerprint density at radius 1 is 1.16 bits per heavy atom. The van der Waals surface area contributed by atoms with E-state index in [1.54, 1.807) is 6.07 Å². The van der Waals surface area contributed by atoms with E-state index in [4.69, 9.17) is 4.74 Å². The Hall–Kier alpha value is -2.43. The molecule has 1 unspecified atom stereocenters. The molecule has 0 spiro atoms. The van der Waals surface area contributed by atoms with Crippen LogP contribution in [0.15, 0.2) is 60.8 Å². The Balaban J connectivity index is 0.00000182. The number of rotatable bonds is 3. The second kappa shape index (κ2) is 7.21. The smallest absolute Gasteiger partial charge is 0.161 e. The largest absolute Gasteiger partial charge is 1.00 e. The van der Waals surface area contributed by atoms with Crippen LogP contribution in [0.4, 0.5) is 0 Å². The van der Waals surface area contributed by atoms with E-state index >= 15 is 0 Å². The SMILES string of the molecule is CCOc1cc(C2NCc3ccccc3-n3cccc32)ccc1O.[Cl-]. The second-order valence-corrected chi connectivity index (χ2v) is 5.91. The minimum absolute atomic E-state index is 0. The molecule has 0 saturated heterocycles. The minimum atomic E-state index is 0. The zero-order valence-electron chi connectivity index (χ0n) is 13.9. The highest BCUT2D eigenvalue weighted by atomic mass is 35.5. The Labute approximate surface area is 153 Å². The van der Waals surface area contributed by atoms with E-state index in [1.807, 2.05) is 19.1 Å². The summed E-state index contributed by atoms with van der Waals surface area (Å²) in [4.78, 5) is 0. The van der Waals surface area contributed by atoms with Crippen LogP contribution in [0, 0.1) is 0 Å². The molecule has 130 valence electrons. The summed E-state index contributed by atoms with van der Waals surface area (Å²) in [7, 11) is 0. The summed E-state index contributed by atoms with van der Waals surface area (Å²) in [6.45, 7) is 3.22. The van der Waals surface area contributed by atoms with E-state index < -0.39 is 0 Å². The molecule has 1 aromatic heterocycles. The Kier molecular flexibility index (Phi) is 5.02. The summed E-state index contributed by atoms with van der Waals surface area (Å²) in [5.41, 5.74) is 4.72. The van der Waals surface area contributed by atoms with Crippen molar-refractivity contribution in [3.8, 4) is 17.2 Å². The highest BCUT2D eigenvalue weighted by Gasteiger charge is 2.23. The molecule has 2 N–H and O–H groups in total. The molecular weight excluding hydrogens is 336 g/mol. The quantitative estimate of drug-likeness (QED) is 0.730. The van der Waals surface area contributed by atoms with Crippen molar-refractivity contribution in [1.29, 1.82) is 0 Å². The average molecular weight is 356 g/mol. The van der Waals surface area contributed by atoms with E-state index in [2.05, 4.69) is 52.5 Å². The standard InChI is InChI=1S/C20H20N2O2.ClH/c1-2-24-19-12-14(9-10-18(19)23)20-17-8-5-11-22(17)16-7-4-3-6-15(16)13-21-20;/h3-12,20-21,23H,2,13H2,1H3;1H/p-1. The number of nitrogens with one attached hydrogen (secondary N) is 1. The highest BCUT2D eigenvalue weighted by molar-refractivity contribution is 5.49. The summed E-state index contributed by atoms with van der Waals surface area (Å²) < 4.78 is 7.78. The molecule has 4 rings (SSSR count). The molecule has 4 nitrogen and oxygen atoms in total. The van der Waals surface area contributed by atoms with Gasteiger partial charge in [-0.2, -0.15) is 0 Å². The number of ether oxygens (including phenoxy) is 1. The lowest BCUT2D eigenvalue weighted by Gasteiger charge is -2.19. The van der Waals surface area contributed by atoms with Crippen molar-refractivity contribution in [2.75, 3.05) is 6.61 Å². The normalized spacial score (nSPS) is 15.5. The average Bonchev–Trinajstić information content (AvgIpc) is 3.02. The summed E-state index contributed by atoms with van der Waals surface area (Å²) in [5.74, 6) is 0.699. The Morgan fingerprint density at radius 3 is 2.84 bits per heavy atom. The molecule has 1 atom stereocenters. The second-order valence-electron chi connectivity index (χ2n) is 5.91. The molecular formula is C20H20ClN2O2-. The lowest BCUT2D eigenvalue weighted by Crippen LogP contribution is -3.00. The van der Waals surface area contributed by atoms with Gasteiger partial charge in [-0.3, -0.25) is 0 Å². The first-order chi connectivity index (χ1) is 11.8. The fourth-order valence-corrected chi connectivity index (χ4v) is 3.33. The van der Waals surface area contributed by atoms with Crippen LogP contribution in [-0.2, 0) is 6.54 Å². The molecule has 2 aromatic carbocycles. The van der Waals surface area contributed by atoms with Gasteiger partial charge in [0.15, 0.2) is 11.5 Å². The van der Waals surface area contributed by atoms with E-state index in [1.165, 1.54) is 16.9 Å². The first-order valence-electron chi connectivity index (χ1n) is 8.22. The topological polar surface area (TPSA) is 46.4 Å². The lowest BCUT2D eigenvalue weighted by molar-refractivity contribution is -0.00000617. The molecule has 1 aliphatic rings. The number of halogens is 1. The zero-order chi connectivity index (χ0) is 16.5. The molecule has 25 heavy (non-hydrogen) atoms. The number of para-hydroxylation sites is 1. The Bertz CT molecular complexity index is 876. The van der Waals surface area contributed by atoms with Crippen LogP contribution in [0.3, 0.4) is 0 Å². The van der Waals surface area contributed by atoms with Gasteiger partial charge in [-0.1, -0.05) is 24.3 Å². The van der Waals surface area contributed by atoms with Gasteiger partial charge < -0.3 is 32.1 Å². The maximum atomic E-state index is 9.97. The van der Waals surface area contributed by atoms with Gasteiger partial charge in [-0.15, -0.1) is 0 Å². The lowest BCUT2D eigenvalue weighted by atomic mass is 10.0. The van der Waals surface area contributed by atoms with Crippen LogP contribution in [-0.4, -0.2) is 16.3 Å². The molecule has 3 aromatic rings. The number of phenolic OH excluding ortho intramolecular Hbond substituents is 1. The molecule has 0 fully saturated rings. The molecule has 0 amide bonds. The summed E-state index contributed by atoms with van der Waals surface area (Å²) in [6, 6.07) is 18.2. The Morgan fingerprint density at radius 2 is 2.00 bits per heavy atom.